The van der Waals surface area contributed by atoms with Gasteiger partial charge in [-0.3, -0.25) is 4.79 Å². The van der Waals surface area contributed by atoms with Gasteiger partial charge in [0.05, 0.1) is 0 Å². The Bertz CT molecular complexity index is 516. The fourth-order valence-corrected chi connectivity index (χ4v) is 3.07. The van der Waals surface area contributed by atoms with Crippen molar-refractivity contribution in [3.05, 3.63) is 35.1 Å². The van der Waals surface area contributed by atoms with E-state index in [0.29, 0.717) is 29.5 Å². The third-order valence-electron chi connectivity index (χ3n) is 4.46. The zero-order chi connectivity index (χ0) is 15.6. The number of likely N-dealkylation sites (tertiary alicyclic amines) is 1. The number of Topliss-reactive ketones (excluding diaryl/α,β-unsaturated/α-hetero) is 1. The zero-order valence-corrected chi connectivity index (χ0v) is 13.4. The molecule has 1 aromatic carbocycles. The van der Waals surface area contributed by atoms with Gasteiger partial charge in [-0.2, -0.15) is 0 Å². The summed E-state index contributed by atoms with van der Waals surface area (Å²) in [5.41, 5.74) is 1.06. The number of aryl methyl sites for hydroxylation is 1. The van der Waals surface area contributed by atoms with Gasteiger partial charge in [-0.05, 0) is 38.6 Å². The van der Waals surface area contributed by atoms with Gasteiger partial charge in [0.25, 0.3) is 0 Å². The van der Waals surface area contributed by atoms with Crippen LogP contribution in [0.1, 0.15) is 29.3 Å². The highest BCUT2D eigenvalue weighted by molar-refractivity contribution is 5.96. The van der Waals surface area contributed by atoms with Gasteiger partial charge < -0.3 is 9.80 Å². The van der Waals surface area contributed by atoms with Crippen molar-refractivity contribution in [3.8, 4) is 0 Å². The Kier molecular flexibility index (Phi) is 5.12. The van der Waals surface area contributed by atoms with Crippen LogP contribution in [-0.2, 0) is 0 Å². The second-order valence-corrected chi connectivity index (χ2v) is 6.40. The highest BCUT2D eigenvalue weighted by Crippen LogP contribution is 2.20. The molecule has 0 aromatic heterocycles. The summed E-state index contributed by atoms with van der Waals surface area (Å²) in [6.45, 7) is 6.74. The predicted octanol–water partition coefficient (Wildman–Crippen LogP) is 2.59. The Morgan fingerprint density at radius 1 is 1.38 bits per heavy atom. The highest BCUT2D eigenvalue weighted by Gasteiger charge is 2.30. The molecule has 1 aromatic rings. The van der Waals surface area contributed by atoms with Crippen molar-refractivity contribution in [2.24, 2.45) is 5.92 Å². The number of nitrogens with zero attached hydrogens (tertiary/aromatic N) is 2. The van der Waals surface area contributed by atoms with Gasteiger partial charge in [0.15, 0.2) is 5.78 Å². The molecule has 0 N–H and O–H groups in total. The third kappa shape index (κ3) is 3.89. The van der Waals surface area contributed by atoms with Crippen molar-refractivity contribution in [2.75, 3.05) is 33.7 Å². The smallest absolute Gasteiger partial charge is 0.164 e. The van der Waals surface area contributed by atoms with Crippen molar-refractivity contribution in [1.29, 1.82) is 0 Å². The van der Waals surface area contributed by atoms with Gasteiger partial charge in [0, 0.05) is 37.7 Å². The molecule has 0 saturated carbocycles. The summed E-state index contributed by atoms with van der Waals surface area (Å²) < 4.78 is 13.5. The lowest BCUT2D eigenvalue weighted by Gasteiger charge is -2.22. The fourth-order valence-electron chi connectivity index (χ4n) is 3.07. The number of hydrogen-bond acceptors (Lipinski definition) is 3. The van der Waals surface area contributed by atoms with Crippen LogP contribution in [0.2, 0.25) is 0 Å². The molecule has 1 saturated heterocycles. The van der Waals surface area contributed by atoms with Gasteiger partial charge in [0.2, 0.25) is 0 Å². The van der Waals surface area contributed by atoms with Crippen LogP contribution in [0.3, 0.4) is 0 Å². The van der Waals surface area contributed by atoms with Gasteiger partial charge in [-0.1, -0.05) is 19.1 Å². The predicted molar refractivity (Wildman–Crippen MR) is 83.2 cm³/mol. The Balaban J connectivity index is 1.88. The van der Waals surface area contributed by atoms with Gasteiger partial charge in [-0.25, -0.2) is 4.39 Å². The lowest BCUT2D eigenvalue weighted by Crippen LogP contribution is -2.34. The molecule has 1 aliphatic rings. The van der Waals surface area contributed by atoms with Crippen molar-refractivity contribution in [2.45, 2.75) is 26.3 Å². The standard InChI is InChI=1S/C17H25FN2O/c1-12-5-6-14(9-15(12)18)17(21)7-8-20-10-13(2)16(11-20)19(3)4/h5-6,9,13,16H,7-8,10-11H2,1-4H3. The summed E-state index contributed by atoms with van der Waals surface area (Å²) >= 11 is 0. The first-order valence-corrected chi connectivity index (χ1v) is 7.56. The molecule has 1 aliphatic heterocycles. The number of benzene rings is 1. The molecular weight excluding hydrogens is 267 g/mol. The Morgan fingerprint density at radius 2 is 2.10 bits per heavy atom. The first kappa shape index (κ1) is 16.1. The molecule has 2 atom stereocenters. The largest absolute Gasteiger partial charge is 0.305 e. The Labute approximate surface area is 126 Å². The minimum Gasteiger partial charge on any atom is -0.305 e. The first-order chi connectivity index (χ1) is 9.88. The number of carbonyl (C=O) groups excluding carboxylic acids is 1. The normalized spacial score (nSPS) is 23.0. The van der Waals surface area contributed by atoms with E-state index in [-0.39, 0.29) is 11.6 Å². The molecule has 1 heterocycles. The molecule has 2 rings (SSSR count). The minimum absolute atomic E-state index is 0.0230. The molecule has 0 radical (unpaired) electrons. The van der Waals surface area contributed by atoms with Crippen LogP contribution in [0.5, 0.6) is 0 Å². The number of hydrogen-bond donors (Lipinski definition) is 0. The topological polar surface area (TPSA) is 23.6 Å². The van der Waals surface area contributed by atoms with E-state index in [1.165, 1.54) is 6.07 Å². The van der Waals surface area contributed by atoms with E-state index in [1.807, 2.05) is 0 Å². The monoisotopic (exact) mass is 292 g/mol. The average molecular weight is 292 g/mol. The molecule has 0 bridgehead atoms. The number of rotatable bonds is 5. The summed E-state index contributed by atoms with van der Waals surface area (Å²) in [7, 11) is 4.20. The van der Waals surface area contributed by atoms with Crippen molar-refractivity contribution in [3.63, 3.8) is 0 Å². The Hall–Kier alpha value is -1.26. The van der Waals surface area contributed by atoms with Crippen LogP contribution in [0.4, 0.5) is 4.39 Å². The molecule has 0 spiro atoms. The molecule has 4 heteroatoms. The van der Waals surface area contributed by atoms with Crippen molar-refractivity contribution in [1.82, 2.24) is 9.80 Å². The molecule has 0 amide bonds. The molecule has 116 valence electrons. The van der Waals surface area contributed by atoms with E-state index >= 15 is 0 Å². The second kappa shape index (κ2) is 6.67. The number of halogens is 1. The van der Waals surface area contributed by atoms with E-state index in [2.05, 4.69) is 30.8 Å². The van der Waals surface area contributed by atoms with Crippen LogP contribution < -0.4 is 0 Å². The van der Waals surface area contributed by atoms with Crippen LogP contribution in [0.25, 0.3) is 0 Å². The van der Waals surface area contributed by atoms with E-state index in [0.717, 1.165) is 19.6 Å². The maximum atomic E-state index is 13.5. The summed E-state index contributed by atoms with van der Waals surface area (Å²) in [5.74, 6) is 0.338. The molecule has 2 unspecified atom stereocenters. The average Bonchev–Trinajstić information content (AvgIpc) is 2.80. The summed E-state index contributed by atoms with van der Waals surface area (Å²) in [4.78, 5) is 16.7. The number of likely N-dealkylation sites (N-methyl/N-ethyl adjacent to an activating group) is 1. The third-order valence-corrected chi connectivity index (χ3v) is 4.46. The van der Waals surface area contributed by atoms with Crippen molar-refractivity contribution >= 4 is 5.78 Å². The lowest BCUT2D eigenvalue weighted by molar-refractivity contribution is 0.0967. The highest BCUT2D eigenvalue weighted by atomic mass is 19.1. The quantitative estimate of drug-likeness (QED) is 0.779. The fraction of sp³-hybridized carbons (Fsp3) is 0.588. The molecule has 21 heavy (non-hydrogen) atoms. The van der Waals surface area contributed by atoms with E-state index < -0.39 is 0 Å². The van der Waals surface area contributed by atoms with Crippen LogP contribution in [0, 0.1) is 18.7 Å². The van der Waals surface area contributed by atoms with Crippen LogP contribution in [-0.4, -0.2) is 55.4 Å². The maximum absolute atomic E-state index is 13.5. The molecular formula is C17H25FN2O. The zero-order valence-electron chi connectivity index (χ0n) is 13.4. The Morgan fingerprint density at radius 3 is 2.67 bits per heavy atom. The van der Waals surface area contributed by atoms with Gasteiger partial charge >= 0.3 is 0 Å². The molecule has 3 nitrogen and oxygen atoms in total. The minimum atomic E-state index is -0.302. The van der Waals surface area contributed by atoms with Crippen LogP contribution in [0.15, 0.2) is 18.2 Å². The lowest BCUT2D eigenvalue weighted by atomic mass is 10.1. The number of carbonyl (C=O) groups is 1. The number of ketones is 1. The summed E-state index contributed by atoms with van der Waals surface area (Å²) in [6.07, 6.45) is 0.454. The van der Waals surface area contributed by atoms with Gasteiger partial charge in [0.1, 0.15) is 5.82 Å². The summed E-state index contributed by atoms with van der Waals surface area (Å²) in [5, 5.41) is 0. The molecule has 1 fully saturated rings. The van der Waals surface area contributed by atoms with Crippen LogP contribution >= 0.6 is 0 Å². The van der Waals surface area contributed by atoms with Gasteiger partial charge in [-0.15, -0.1) is 0 Å². The van der Waals surface area contributed by atoms with E-state index in [1.54, 1.807) is 19.1 Å². The summed E-state index contributed by atoms with van der Waals surface area (Å²) in [6, 6.07) is 5.29. The van der Waals surface area contributed by atoms with Crippen molar-refractivity contribution < 1.29 is 9.18 Å². The second-order valence-electron chi connectivity index (χ2n) is 6.40. The first-order valence-electron chi connectivity index (χ1n) is 7.56. The maximum Gasteiger partial charge on any atom is 0.164 e. The molecule has 0 aliphatic carbocycles. The van der Waals surface area contributed by atoms with E-state index in [9.17, 15) is 9.18 Å². The van der Waals surface area contributed by atoms with E-state index in [4.69, 9.17) is 0 Å². The SMILES string of the molecule is Cc1ccc(C(=O)CCN2CC(C)C(N(C)C)C2)cc1F.